The molecule has 0 aliphatic carbocycles. The van der Waals surface area contributed by atoms with Gasteiger partial charge in [-0.15, -0.1) is 23.1 Å². The first-order valence-corrected chi connectivity index (χ1v) is 5.46. The lowest BCUT2D eigenvalue weighted by molar-refractivity contribution is -0.116. The molecule has 1 aliphatic rings. The van der Waals surface area contributed by atoms with Gasteiger partial charge in [0.25, 0.3) is 0 Å². The van der Waals surface area contributed by atoms with Gasteiger partial charge in [-0.25, -0.2) is 0 Å². The van der Waals surface area contributed by atoms with Crippen LogP contribution in [0, 0.1) is 0 Å². The summed E-state index contributed by atoms with van der Waals surface area (Å²) in [7, 11) is 0. The Labute approximate surface area is 73.8 Å². The highest BCUT2D eigenvalue weighted by molar-refractivity contribution is 8.00. The maximum absolute atomic E-state index is 10.9. The third-order valence-corrected chi connectivity index (χ3v) is 4.17. The Bertz CT molecular complexity index is 253. The van der Waals surface area contributed by atoms with Crippen molar-refractivity contribution in [2.45, 2.75) is 11.7 Å². The van der Waals surface area contributed by atoms with E-state index >= 15 is 0 Å². The summed E-state index contributed by atoms with van der Waals surface area (Å²) in [5.41, 5.74) is 0. The maximum atomic E-state index is 10.9. The van der Waals surface area contributed by atoms with E-state index < -0.39 is 0 Å². The molecule has 3 heteroatoms. The summed E-state index contributed by atoms with van der Waals surface area (Å²) >= 11 is 3.52. The minimum atomic E-state index is 0.397. The Balaban J connectivity index is 2.13. The van der Waals surface area contributed by atoms with Gasteiger partial charge < -0.3 is 0 Å². The summed E-state index contributed by atoms with van der Waals surface area (Å²) in [5.74, 6) is 1.11. The second-order valence-corrected chi connectivity index (χ2v) is 4.73. The van der Waals surface area contributed by atoms with Crippen LogP contribution in [0.3, 0.4) is 0 Å². The molecule has 2 heterocycles. The van der Waals surface area contributed by atoms with Crippen molar-refractivity contribution in [3.05, 3.63) is 22.4 Å². The smallest absolute Gasteiger partial charge is 0.144 e. The van der Waals surface area contributed by atoms with E-state index in [0.717, 1.165) is 6.42 Å². The molecule has 0 spiro atoms. The average molecular weight is 184 g/mol. The number of hydrogen-bond donors (Lipinski definition) is 0. The minimum absolute atomic E-state index is 0.397. The molecule has 1 atom stereocenters. The van der Waals surface area contributed by atoms with Gasteiger partial charge in [0, 0.05) is 16.5 Å². The minimum Gasteiger partial charge on any atom is -0.299 e. The van der Waals surface area contributed by atoms with Crippen LogP contribution in [0.25, 0.3) is 0 Å². The van der Waals surface area contributed by atoms with Crippen molar-refractivity contribution in [1.82, 2.24) is 0 Å². The quantitative estimate of drug-likeness (QED) is 0.667. The largest absolute Gasteiger partial charge is 0.299 e. The zero-order chi connectivity index (χ0) is 7.68. The van der Waals surface area contributed by atoms with Gasteiger partial charge in [-0.2, -0.15) is 0 Å². The normalized spacial score (nSPS) is 24.4. The van der Waals surface area contributed by atoms with Crippen LogP contribution in [0.15, 0.2) is 17.5 Å². The standard InChI is InChI=1S/C8H8OS2/c9-6-4-8(11-5-6)7-2-1-3-10-7/h1-3,8H,4-5H2/t8-/m0/s1. The molecule has 11 heavy (non-hydrogen) atoms. The number of hydrogen-bond acceptors (Lipinski definition) is 3. The lowest BCUT2D eigenvalue weighted by Gasteiger charge is -2.01. The summed E-state index contributed by atoms with van der Waals surface area (Å²) in [6, 6.07) is 4.16. The van der Waals surface area contributed by atoms with E-state index in [4.69, 9.17) is 0 Å². The predicted molar refractivity (Wildman–Crippen MR) is 49.1 cm³/mol. The highest BCUT2D eigenvalue weighted by atomic mass is 32.2. The summed E-state index contributed by atoms with van der Waals surface area (Å²) in [6.45, 7) is 0. The predicted octanol–water partition coefficient (Wildman–Crippen LogP) is 2.50. The molecule has 0 bridgehead atoms. The van der Waals surface area contributed by atoms with Crippen LogP contribution < -0.4 is 0 Å². The number of thiophene rings is 1. The topological polar surface area (TPSA) is 17.1 Å². The second-order valence-electron chi connectivity index (χ2n) is 2.56. The van der Waals surface area contributed by atoms with E-state index in [2.05, 4.69) is 11.4 Å². The Hall–Kier alpha value is -0.280. The first kappa shape index (κ1) is 7.37. The van der Waals surface area contributed by atoms with Gasteiger partial charge in [-0.05, 0) is 11.4 Å². The highest BCUT2D eigenvalue weighted by Crippen LogP contribution is 2.39. The molecule has 1 aliphatic heterocycles. The second kappa shape index (κ2) is 2.99. The molecule has 1 nitrogen and oxygen atoms in total. The van der Waals surface area contributed by atoms with Crippen LogP contribution in [0.5, 0.6) is 0 Å². The van der Waals surface area contributed by atoms with Gasteiger partial charge in [0.15, 0.2) is 0 Å². The fourth-order valence-corrected chi connectivity index (χ4v) is 3.30. The van der Waals surface area contributed by atoms with Gasteiger partial charge in [0.05, 0.1) is 5.75 Å². The first-order chi connectivity index (χ1) is 5.36. The molecule has 0 aromatic carbocycles. The van der Waals surface area contributed by atoms with Crippen molar-refractivity contribution in [2.24, 2.45) is 0 Å². The monoisotopic (exact) mass is 184 g/mol. The van der Waals surface area contributed by atoms with Gasteiger partial charge in [0.2, 0.25) is 0 Å². The molecular weight excluding hydrogens is 176 g/mol. The molecule has 1 fully saturated rings. The zero-order valence-corrected chi connectivity index (χ0v) is 7.58. The maximum Gasteiger partial charge on any atom is 0.144 e. The summed E-state index contributed by atoms with van der Waals surface area (Å²) in [5, 5.41) is 2.53. The van der Waals surface area contributed by atoms with Crippen LogP contribution in [0.1, 0.15) is 16.5 Å². The van der Waals surface area contributed by atoms with E-state index in [0.29, 0.717) is 16.8 Å². The average Bonchev–Trinajstić information content (AvgIpc) is 2.55. The summed E-state index contributed by atoms with van der Waals surface area (Å²) in [6.07, 6.45) is 0.741. The molecule has 58 valence electrons. The molecule has 0 amide bonds. The van der Waals surface area contributed by atoms with Crippen LogP contribution in [0.2, 0.25) is 0 Å². The molecule has 2 rings (SSSR count). The van der Waals surface area contributed by atoms with Gasteiger partial charge >= 0.3 is 0 Å². The van der Waals surface area contributed by atoms with Crippen LogP contribution in [-0.2, 0) is 4.79 Å². The van der Waals surface area contributed by atoms with Crippen molar-refractivity contribution in [1.29, 1.82) is 0 Å². The van der Waals surface area contributed by atoms with Gasteiger partial charge in [-0.3, -0.25) is 4.79 Å². The third kappa shape index (κ3) is 1.49. The van der Waals surface area contributed by atoms with Gasteiger partial charge in [-0.1, -0.05) is 6.07 Å². The Morgan fingerprint density at radius 1 is 1.55 bits per heavy atom. The number of rotatable bonds is 1. The number of thioether (sulfide) groups is 1. The lowest BCUT2D eigenvalue weighted by atomic mass is 10.2. The van der Waals surface area contributed by atoms with E-state index in [1.807, 2.05) is 6.07 Å². The van der Waals surface area contributed by atoms with E-state index in [9.17, 15) is 4.79 Å². The van der Waals surface area contributed by atoms with Crippen LogP contribution in [0.4, 0.5) is 0 Å². The molecule has 0 unspecified atom stereocenters. The summed E-state index contributed by atoms with van der Waals surface area (Å²) in [4.78, 5) is 12.3. The van der Waals surface area contributed by atoms with Crippen molar-refractivity contribution in [3.8, 4) is 0 Å². The number of ketones is 1. The molecular formula is C8H8OS2. The summed E-state index contributed by atoms with van der Waals surface area (Å²) < 4.78 is 0. The van der Waals surface area contributed by atoms with E-state index in [1.54, 1.807) is 23.1 Å². The molecule has 0 N–H and O–H groups in total. The third-order valence-electron chi connectivity index (χ3n) is 1.72. The lowest BCUT2D eigenvalue weighted by Crippen LogP contribution is -1.91. The molecule has 1 aromatic rings. The van der Waals surface area contributed by atoms with E-state index in [1.165, 1.54) is 4.88 Å². The fourth-order valence-electron chi connectivity index (χ4n) is 1.18. The van der Waals surface area contributed by atoms with Crippen LogP contribution in [-0.4, -0.2) is 11.5 Å². The first-order valence-electron chi connectivity index (χ1n) is 3.53. The van der Waals surface area contributed by atoms with Crippen molar-refractivity contribution < 1.29 is 4.79 Å². The van der Waals surface area contributed by atoms with Gasteiger partial charge in [0.1, 0.15) is 5.78 Å². The Morgan fingerprint density at radius 2 is 2.45 bits per heavy atom. The number of carbonyl (C=O) groups is 1. The van der Waals surface area contributed by atoms with E-state index in [-0.39, 0.29) is 0 Å². The van der Waals surface area contributed by atoms with Crippen molar-refractivity contribution in [2.75, 3.05) is 5.75 Å². The molecule has 1 saturated heterocycles. The Kier molecular flexibility index (Phi) is 2.00. The van der Waals surface area contributed by atoms with Crippen LogP contribution >= 0.6 is 23.1 Å². The Morgan fingerprint density at radius 3 is 3.00 bits per heavy atom. The number of carbonyl (C=O) groups excluding carboxylic acids is 1. The highest BCUT2D eigenvalue weighted by Gasteiger charge is 2.24. The fraction of sp³-hybridized carbons (Fsp3) is 0.375. The SMILES string of the molecule is O=C1CS[C@H](c2cccs2)C1. The molecule has 0 saturated carbocycles. The van der Waals surface area contributed by atoms with Crippen molar-refractivity contribution in [3.63, 3.8) is 0 Å². The zero-order valence-electron chi connectivity index (χ0n) is 5.95. The molecule has 1 aromatic heterocycles. The molecule has 0 radical (unpaired) electrons. The number of Topliss-reactive ketones (excluding diaryl/α,β-unsaturated/α-hetero) is 1. The van der Waals surface area contributed by atoms with Crippen molar-refractivity contribution >= 4 is 28.9 Å².